The molecule has 0 atom stereocenters. The molecule has 0 bridgehead atoms. The van der Waals surface area contributed by atoms with Crippen molar-refractivity contribution < 1.29 is 4.79 Å². The molecule has 0 aliphatic rings. The van der Waals surface area contributed by atoms with Gasteiger partial charge in [-0.3, -0.25) is 4.79 Å². The van der Waals surface area contributed by atoms with Crippen molar-refractivity contribution in [2.45, 2.75) is 20.4 Å². The fraction of sp³-hybridized carbons (Fsp3) is 0.167. The van der Waals surface area contributed by atoms with Crippen LogP contribution in [0.5, 0.6) is 0 Å². The quantitative estimate of drug-likeness (QED) is 0.555. The molecule has 0 radical (unpaired) electrons. The Labute approximate surface area is 163 Å². The van der Waals surface area contributed by atoms with E-state index in [4.69, 9.17) is 0 Å². The fourth-order valence-corrected chi connectivity index (χ4v) is 4.30. The number of nitrogens with zero attached hydrogens (tertiary/aromatic N) is 5. The van der Waals surface area contributed by atoms with E-state index in [0.717, 1.165) is 32.5 Å². The fourth-order valence-electron chi connectivity index (χ4n) is 2.63. The lowest BCUT2D eigenvalue weighted by Gasteiger charge is -2.01. The summed E-state index contributed by atoms with van der Waals surface area (Å²) >= 11 is 2.99. The molecule has 0 saturated carbocycles. The molecule has 0 spiro atoms. The average Bonchev–Trinajstić information content (AvgIpc) is 3.36. The number of amides is 1. The van der Waals surface area contributed by atoms with E-state index in [-0.39, 0.29) is 12.5 Å². The van der Waals surface area contributed by atoms with Crippen molar-refractivity contribution in [2.24, 2.45) is 0 Å². The maximum absolute atomic E-state index is 12.3. The SMILES string of the molecule is Cc1nc(C)c(-c2csc(NC(=O)Cn3cc(-c4ccccc4)nn3)n2)s1. The Bertz CT molecular complexity index is 1080. The van der Waals surface area contributed by atoms with E-state index in [1.165, 1.54) is 16.0 Å². The van der Waals surface area contributed by atoms with Crippen LogP contribution in [0, 0.1) is 13.8 Å². The van der Waals surface area contributed by atoms with Gasteiger partial charge >= 0.3 is 0 Å². The highest BCUT2D eigenvalue weighted by Gasteiger charge is 2.13. The van der Waals surface area contributed by atoms with Gasteiger partial charge in [-0.15, -0.1) is 27.8 Å². The van der Waals surface area contributed by atoms with Gasteiger partial charge in [0.15, 0.2) is 5.13 Å². The molecule has 0 aliphatic carbocycles. The highest BCUT2D eigenvalue weighted by Crippen LogP contribution is 2.32. The Morgan fingerprint density at radius 1 is 1.15 bits per heavy atom. The Hall–Kier alpha value is -2.91. The van der Waals surface area contributed by atoms with Crippen LogP contribution in [0.4, 0.5) is 5.13 Å². The molecule has 9 heteroatoms. The first-order valence-electron chi connectivity index (χ1n) is 8.24. The molecule has 1 aromatic carbocycles. The van der Waals surface area contributed by atoms with Crippen molar-refractivity contribution in [3.63, 3.8) is 0 Å². The second-order valence-corrected chi connectivity index (χ2v) is 7.96. The zero-order valence-electron chi connectivity index (χ0n) is 14.7. The van der Waals surface area contributed by atoms with Crippen LogP contribution >= 0.6 is 22.7 Å². The van der Waals surface area contributed by atoms with Gasteiger partial charge < -0.3 is 5.32 Å². The first kappa shape index (κ1) is 17.5. The minimum Gasteiger partial charge on any atom is -0.300 e. The van der Waals surface area contributed by atoms with Crippen LogP contribution in [0.1, 0.15) is 10.7 Å². The molecule has 3 aromatic heterocycles. The van der Waals surface area contributed by atoms with Crippen LogP contribution < -0.4 is 5.32 Å². The molecule has 0 fully saturated rings. The van der Waals surface area contributed by atoms with E-state index >= 15 is 0 Å². The van der Waals surface area contributed by atoms with Gasteiger partial charge in [0.25, 0.3) is 0 Å². The predicted octanol–water partition coefficient (Wildman–Crippen LogP) is 3.78. The topological polar surface area (TPSA) is 85.6 Å². The second kappa shape index (κ2) is 7.37. The molecule has 7 nitrogen and oxygen atoms in total. The number of carbonyl (C=O) groups is 1. The lowest BCUT2D eigenvalue weighted by Crippen LogP contribution is -2.19. The van der Waals surface area contributed by atoms with E-state index in [1.54, 1.807) is 17.5 Å². The van der Waals surface area contributed by atoms with Gasteiger partial charge in [0.1, 0.15) is 12.2 Å². The summed E-state index contributed by atoms with van der Waals surface area (Å²) in [7, 11) is 0. The first-order chi connectivity index (χ1) is 13.1. The zero-order chi connectivity index (χ0) is 18.8. The molecule has 1 amide bonds. The van der Waals surface area contributed by atoms with Crippen molar-refractivity contribution in [2.75, 3.05) is 5.32 Å². The molecule has 0 unspecified atom stereocenters. The zero-order valence-corrected chi connectivity index (χ0v) is 16.3. The van der Waals surface area contributed by atoms with Crippen molar-refractivity contribution in [1.82, 2.24) is 25.0 Å². The maximum atomic E-state index is 12.3. The first-order valence-corrected chi connectivity index (χ1v) is 9.93. The third-order valence-corrected chi connectivity index (χ3v) is 5.65. The van der Waals surface area contributed by atoms with E-state index in [2.05, 4.69) is 25.6 Å². The smallest absolute Gasteiger partial charge is 0.247 e. The summed E-state index contributed by atoms with van der Waals surface area (Å²) in [4.78, 5) is 22.3. The number of carbonyl (C=O) groups excluding carboxylic acids is 1. The van der Waals surface area contributed by atoms with Gasteiger partial charge in [-0.05, 0) is 13.8 Å². The summed E-state index contributed by atoms with van der Waals surface area (Å²) in [5.74, 6) is -0.197. The Morgan fingerprint density at radius 3 is 2.70 bits per heavy atom. The third-order valence-electron chi connectivity index (χ3n) is 3.80. The van der Waals surface area contributed by atoms with Crippen molar-refractivity contribution in [3.8, 4) is 21.8 Å². The summed E-state index contributed by atoms with van der Waals surface area (Å²) in [5.41, 5.74) is 3.49. The number of aromatic nitrogens is 5. The lowest BCUT2D eigenvalue weighted by molar-refractivity contribution is -0.116. The van der Waals surface area contributed by atoms with Crippen LogP contribution in [0.2, 0.25) is 0 Å². The molecule has 4 aromatic rings. The van der Waals surface area contributed by atoms with Gasteiger partial charge in [-0.1, -0.05) is 35.5 Å². The summed E-state index contributed by atoms with van der Waals surface area (Å²) in [6.07, 6.45) is 1.76. The molecule has 4 rings (SSSR count). The summed E-state index contributed by atoms with van der Waals surface area (Å²) in [5, 5.41) is 14.4. The number of nitrogens with one attached hydrogen (secondary N) is 1. The third kappa shape index (κ3) is 3.93. The average molecular weight is 397 g/mol. The van der Waals surface area contributed by atoms with Crippen molar-refractivity contribution in [3.05, 3.63) is 52.6 Å². The highest BCUT2D eigenvalue weighted by atomic mass is 32.1. The van der Waals surface area contributed by atoms with Gasteiger partial charge in [0, 0.05) is 10.9 Å². The molecule has 27 heavy (non-hydrogen) atoms. The monoisotopic (exact) mass is 396 g/mol. The van der Waals surface area contributed by atoms with Crippen LogP contribution in [0.15, 0.2) is 41.9 Å². The number of benzene rings is 1. The molecular weight excluding hydrogens is 380 g/mol. The van der Waals surface area contributed by atoms with E-state index < -0.39 is 0 Å². The second-order valence-electron chi connectivity index (χ2n) is 5.90. The summed E-state index contributed by atoms with van der Waals surface area (Å²) in [6.45, 7) is 4.01. The van der Waals surface area contributed by atoms with Gasteiger partial charge in [-0.25, -0.2) is 14.6 Å². The molecule has 0 saturated heterocycles. The van der Waals surface area contributed by atoms with Crippen LogP contribution in [-0.4, -0.2) is 30.9 Å². The van der Waals surface area contributed by atoms with Crippen LogP contribution in [0.3, 0.4) is 0 Å². The summed E-state index contributed by atoms with van der Waals surface area (Å²) in [6, 6.07) is 9.73. The summed E-state index contributed by atoms with van der Waals surface area (Å²) < 4.78 is 1.52. The number of aryl methyl sites for hydroxylation is 2. The van der Waals surface area contributed by atoms with Crippen LogP contribution in [0.25, 0.3) is 21.8 Å². The number of hydrogen-bond donors (Lipinski definition) is 1. The minimum atomic E-state index is -0.197. The normalized spacial score (nSPS) is 10.9. The minimum absolute atomic E-state index is 0.0768. The molecule has 136 valence electrons. The molecule has 1 N–H and O–H groups in total. The highest BCUT2D eigenvalue weighted by molar-refractivity contribution is 7.16. The van der Waals surface area contributed by atoms with E-state index in [9.17, 15) is 4.79 Å². The molecule has 3 heterocycles. The van der Waals surface area contributed by atoms with E-state index in [0.29, 0.717) is 5.13 Å². The number of thiazole rings is 2. The molecule has 0 aliphatic heterocycles. The Balaban J connectivity index is 1.42. The van der Waals surface area contributed by atoms with E-state index in [1.807, 2.05) is 49.6 Å². The van der Waals surface area contributed by atoms with Gasteiger partial charge in [0.05, 0.1) is 27.5 Å². The molecular formula is C18H16N6OS2. The lowest BCUT2D eigenvalue weighted by atomic mass is 10.2. The van der Waals surface area contributed by atoms with Crippen LogP contribution in [-0.2, 0) is 11.3 Å². The van der Waals surface area contributed by atoms with Gasteiger partial charge in [0.2, 0.25) is 5.91 Å². The number of hydrogen-bond acceptors (Lipinski definition) is 7. The number of anilines is 1. The maximum Gasteiger partial charge on any atom is 0.247 e. The van der Waals surface area contributed by atoms with Crippen molar-refractivity contribution >= 4 is 33.7 Å². The number of rotatable bonds is 5. The predicted molar refractivity (Wildman–Crippen MR) is 107 cm³/mol. The standard InChI is InChI=1S/C18H16N6OS2/c1-11-17(27-12(2)19-11)15-10-26-18(20-15)21-16(25)9-24-8-14(22-23-24)13-6-4-3-5-7-13/h3-8,10H,9H2,1-2H3,(H,20,21,25). The Kier molecular flexibility index (Phi) is 4.78. The largest absolute Gasteiger partial charge is 0.300 e. The van der Waals surface area contributed by atoms with Crippen molar-refractivity contribution in [1.29, 1.82) is 0 Å². The Morgan fingerprint density at radius 2 is 1.96 bits per heavy atom. The van der Waals surface area contributed by atoms with Gasteiger partial charge in [-0.2, -0.15) is 0 Å².